The normalized spacial score (nSPS) is 12.0. The van der Waals surface area contributed by atoms with Crippen molar-refractivity contribution in [2.45, 2.75) is 25.3 Å². The fraction of sp³-hybridized carbons (Fsp3) is 0.333. The van der Waals surface area contributed by atoms with Gasteiger partial charge in [-0.1, -0.05) is 12.1 Å². The smallest absolute Gasteiger partial charge is 0.250 e. The third-order valence-corrected chi connectivity index (χ3v) is 6.81. The van der Waals surface area contributed by atoms with E-state index in [2.05, 4.69) is 10.3 Å². The van der Waals surface area contributed by atoms with Gasteiger partial charge < -0.3 is 19.4 Å². The minimum atomic E-state index is -1.33. The van der Waals surface area contributed by atoms with Gasteiger partial charge in [0.25, 0.3) is 0 Å². The summed E-state index contributed by atoms with van der Waals surface area (Å²) < 4.78 is 27.4. The van der Waals surface area contributed by atoms with E-state index in [0.29, 0.717) is 12.2 Å². The largest absolute Gasteiger partial charge is 0.497 e. The van der Waals surface area contributed by atoms with Crippen LogP contribution >= 0.6 is 0 Å². The summed E-state index contributed by atoms with van der Waals surface area (Å²) in [6.45, 7) is 5.20. The lowest BCUT2D eigenvalue weighted by Crippen LogP contribution is -2.28. The Balaban J connectivity index is 1.41. The topological polar surface area (TPSA) is 85.7 Å². The second kappa shape index (κ2) is 11.7. The predicted molar refractivity (Wildman–Crippen MR) is 129 cm³/mol. The Morgan fingerprint density at radius 2 is 1.88 bits per heavy atom. The minimum Gasteiger partial charge on any atom is -0.497 e. The molecule has 3 aromatic rings. The molecule has 0 saturated carbocycles. The first-order valence-electron chi connectivity index (χ1n) is 10.6. The van der Waals surface area contributed by atoms with Crippen molar-refractivity contribution in [3.05, 3.63) is 71.8 Å². The van der Waals surface area contributed by atoms with Gasteiger partial charge in [-0.05, 0) is 54.8 Å². The molecule has 1 amide bonds. The number of aryl methyl sites for hydroxylation is 2. The number of hydrogen-bond acceptors (Lipinski definition) is 5. The van der Waals surface area contributed by atoms with Crippen LogP contribution in [0.5, 0.6) is 5.75 Å². The van der Waals surface area contributed by atoms with Gasteiger partial charge in [0.05, 0.1) is 24.9 Å². The van der Waals surface area contributed by atoms with Gasteiger partial charge in [0.1, 0.15) is 23.3 Å². The second-order valence-electron chi connectivity index (χ2n) is 7.72. The Hall–Kier alpha value is -3.01. The molecule has 8 nitrogen and oxygen atoms in total. The number of amides is 1. The zero-order valence-corrected chi connectivity index (χ0v) is 20.2. The first-order valence-corrected chi connectivity index (χ1v) is 11.7. The summed E-state index contributed by atoms with van der Waals surface area (Å²) in [4.78, 5) is 17.0. The van der Waals surface area contributed by atoms with Crippen LogP contribution < -0.4 is 10.1 Å². The van der Waals surface area contributed by atoms with E-state index in [0.717, 1.165) is 33.9 Å². The van der Waals surface area contributed by atoms with E-state index in [1.807, 2.05) is 61.0 Å². The van der Waals surface area contributed by atoms with Gasteiger partial charge in [0.15, 0.2) is 0 Å². The molecule has 0 bridgehead atoms. The van der Waals surface area contributed by atoms with E-state index in [9.17, 15) is 9.00 Å². The highest BCUT2D eigenvalue weighted by Crippen LogP contribution is 2.25. The third-order valence-electron chi connectivity index (χ3n) is 5.07. The average molecular weight is 471 g/mol. The molecule has 3 rings (SSSR count). The number of nitrogens with one attached hydrogen (secondary N) is 1. The number of nitrogens with zero attached hydrogens (tertiary/aromatic N) is 3. The number of carbonyl (C=O) groups excluding carboxylic acids is 1. The molecule has 9 heteroatoms. The van der Waals surface area contributed by atoms with Crippen LogP contribution in [0.3, 0.4) is 0 Å². The molecule has 1 unspecified atom stereocenters. The number of aromatic nitrogens is 2. The Morgan fingerprint density at radius 3 is 2.48 bits per heavy atom. The number of benzene rings is 2. The minimum absolute atomic E-state index is 0.0716. The van der Waals surface area contributed by atoms with Gasteiger partial charge in [-0.3, -0.25) is 4.79 Å². The van der Waals surface area contributed by atoms with E-state index >= 15 is 0 Å². The molecule has 0 aliphatic heterocycles. The number of anilines is 1. The summed E-state index contributed by atoms with van der Waals surface area (Å²) in [5.74, 6) is 0.513. The molecular formula is C24H30N4O4S. The molecule has 0 radical (unpaired) electrons. The number of hydrogen-bond donors (Lipinski definition) is 1. The summed E-state index contributed by atoms with van der Waals surface area (Å²) >= 11 is 0. The summed E-state index contributed by atoms with van der Waals surface area (Å²) in [7, 11) is 2.06. The summed E-state index contributed by atoms with van der Waals surface area (Å²) in [5.41, 5.74) is 3.64. The highest BCUT2D eigenvalue weighted by atomic mass is 32.2. The van der Waals surface area contributed by atoms with Crippen molar-refractivity contribution < 1.29 is 18.5 Å². The lowest BCUT2D eigenvalue weighted by Gasteiger charge is -2.19. The van der Waals surface area contributed by atoms with E-state index in [1.165, 1.54) is 0 Å². The summed E-state index contributed by atoms with van der Waals surface area (Å²) in [6, 6.07) is 11.4. The second-order valence-corrected chi connectivity index (χ2v) is 9.25. The van der Waals surface area contributed by atoms with Crippen molar-refractivity contribution in [1.29, 1.82) is 0 Å². The summed E-state index contributed by atoms with van der Waals surface area (Å²) in [5, 5.41) is 2.82. The number of likely N-dealkylation sites (N-methyl/N-ethyl adjacent to an activating group) is 1. The molecule has 1 aromatic heterocycles. The van der Waals surface area contributed by atoms with Gasteiger partial charge in [0.2, 0.25) is 5.91 Å². The van der Waals surface area contributed by atoms with Gasteiger partial charge in [-0.25, -0.2) is 13.5 Å². The van der Waals surface area contributed by atoms with Crippen molar-refractivity contribution in [2.75, 3.05) is 39.2 Å². The fourth-order valence-corrected chi connectivity index (χ4v) is 4.60. The van der Waals surface area contributed by atoms with Crippen molar-refractivity contribution in [3.63, 3.8) is 0 Å². The molecule has 2 aromatic carbocycles. The maximum atomic E-state index is 12.9. The number of imidazole rings is 1. The van der Waals surface area contributed by atoms with Crippen molar-refractivity contribution in [2.24, 2.45) is 0 Å². The molecule has 0 saturated heterocycles. The van der Waals surface area contributed by atoms with Crippen LogP contribution in [0, 0.1) is 13.8 Å². The lowest BCUT2D eigenvalue weighted by atomic mass is 10.1. The Morgan fingerprint density at radius 1 is 1.18 bits per heavy atom. The number of methoxy groups -OCH3 is 1. The molecular weight excluding hydrogens is 440 g/mol. The zero-order valence-electron chi connectivity index (χ0n) is 19.4. The Labute approximate surface area is 197 Å². The molecule has 0 aliphatic carbocycles. The highest BCUT2D eigenvalue weighted by molar-refractivity contribution is 7.82. The quantitative estimate of drug-likeness (QED) is 0.435. The van der Waals surface area contributed by atoms with Gasteiger partial charge in [-0.2, -0.15) is 0 Å². The van der Waals surface area contributed by atoms with Crippen LogP contribution in [0.25, 0.3) is 0 Å². The van der Waals surface area contributed by atoms with Crippen LogP contribution in [0.15, 0.2) is 60.0 Å². The first kappa shape index (κ1) is 24.6. The van der Waals surface area contributed by atoms with Crippen LogP contribution in [-0.4, -0.2) is 57.9 Å². The van der Waals surface area contributed by atoms with Crippen LogP contribution in [0.4, 0.5) is 5.69 Å². The maximum Gasteiger partial charge on any atom is 0.250 e. The van der Waals surface area contributed by atoms with Crippen molar-refractivity contribution in [1.82, 2.24) is 13.9 Å². The number of carbonyl (C=O) groups is 1. The third kappa shape index (κ3) is 6.98. The summed E-state index contributed by atoms with van der Waals surface area (Å²) in [6.07, 6.45) is 5.41. The predicted octanol–water partition coefficient (Wildman–Crippen LogP) is 3.17. The standard InChI is InChI=1S/C24H30N4O4S/c1-18-13-22(31-4)14-19(2)24(18)33(30)27(3)11-12-32-16-23(29)26-21-7-5-20(6-8-21)15-28-10-9-25-17-28/h5-10,13-14,17H,11-12,15-16H2,1-4H3,(H,26,29). The monoisotopic (exact) mass is 470 g/mol. The molecule has 0 spiro atoms. The van der Waals surface area contributed by atoms with Crippen LogP contribution in [0.2, 0.25) is 0 Å². The van der Waals surface area contributed by atoms with Crippen LogP contribution in [0.1, 0.15) is 16.7 Å². The molecule has 1 atom stereocenters. The molecule has 33 heavy (non-hydrogen) atoms. The Bertz CT molecular complexity index is 1060. The van der Waals surface area contributed by atoms with E-state index in [1.54, 1.807) is 31.0 Å². The fourth-order valence-electron chi connectivity index (χ4n) is 3.38. The number of ether oxygens (including phenoxy) is 2. The molecule has 0 aliphatic rings. The van der Waals surface area contributed by atoms with Crippen LogP contribution in [-0.2, 0) is 27.1 Å². The zero-order chi connectivity index (χ0) is 23.8. The SMILES string of the molecule is COc1cc(C)c(S(=O)N(C)CCOCC(=O)Nc2ccc(Cn3ccnc3)cc2)c(C)c1. The molecule has 176 valence electrons. The van der Waals surface area contributed by atoms with E-state index < -0.39 is 11.0 Å². The molecule has 1 heterocycles. The maximum absolute atomic E-state index is 12.9. The van der Waals surface area contributed by atoms with Crippen molar-refractivity contribution in [3.8, 4) is 5.75 Å². The van der Waals surface area contributed by atoms with E-state index in [4.69, 9.17) is 9.47 Å². The molecule has 0 fully saturated rings. The van der Waals surface area contributed by atoms with Gasteiger partial charge in [0, 0.05) is 38.2 Å². The lowest BCUT2D eigenvalue weighted by molar-refractivity contribution is -0.120. The number of rotatable bonds is 11. The van der Waals surface area contributed by atoms with Gasteiger partial charge in [-0.15, -0.1) is 0 Å². The van der Waals surface area contributed by atoms with Gasteiger partial charge >= 0.3 is 0 Å². The van der Waals surface area contributed by atoms with E-state index in [-0.39, 0.29) is 19.1 Å². The Kier molecular flexibility index (Phi) is 8.76. The van der Waals surface area contributed by atoms with Crippen molar-refractivity contribution >= 4 is 22.6 Å². The molecule has 1 N–H and O–H groups in total. The average Bonchev–Trinajstić information content (AvgIpc) is 3.30. The highest BCUT2D eigenvalue weighted by Gasteiger charge is 2.17. The first-order chi connectivity index (χ1) is 15.9.